The maximum absolute atomic E-state index is 11.6. The monoisotopic (exact) mass is 279 g/mol. The van der Waals surface area contributed by atoms with Gasteiger partial charge in [-0.3, -0.25) is 14.9 Å². The van der Waals surface area contributed by atoms with E-state index in [-0.39, 0.29) is 5.69 Å². The number of carboxylic acids is 1. The molecular formula is C15H21NO4. The topological polar surface area (TPSA) is 80.4 Å². The Balaban J connectivity index is 2.94. The van der Waals surface area contributed by atoms with Crippen molar-refractivity contribution in [1.29, 1.82) is 0 Å². The summed E-state index contributed by atoms with van der Waals surface area (Å²) in [6, 6.07) is 6.16. The Kier molecular flexibility index (Phi) is 5.67. The normalized spacial score (nSPS) is 13.7. The number of nitrogens with zero attached hydrogens (tertiary/aromatic N) is 1. The number of carboxylic acid groups (broad SMARTS) is 1. The molecule has 0 radical (unpaired) electrons. The van der Waals surface area contributed by atoms with Gasteiger partial charge in [0.1, 0.15) is 0 Å². The van der Waals surface area contributed by atoms with Gasteiger partial charge in [0, 0.05) is 12.1 Å². The highest BCUT2D eigenvalue weighted by Crippen LogP contribution is 2.34. The average molecular weight is 279 g/mol. The molecular weight excluding hydrogens is 258 g/mol. The van der Waals surface area contributed by atoms with Crippen LogP contribution in [0.2, 0.25) is 0 Å². The summed E-state index contributed by atoms with van der Waals surface area (Å²) in [7, 11) is 0. The van der Waals surface area contributed by atoms with Crippen molar-refractivity contribution >= 4 is 11.7 Å². The molecule has 0 fully saturated rings. The fraction of sp³-hybridized carbons (Fsp3) is 0.533. The molecule has 1 aromatic rings. The first-order chi connectivity index (χ1) is 9.45. The SMILES string of the molecule is CCCCC(CC)(Cc1ccc([N+](=O)[O-])cc1)C(=O)O. The van der Waals surface area contributed by atoms with Crippen LogP contribution in [0.25, 0.3) is 0 Å². The molecule has 1 N–H and O–H groups in total. The van der Waals surface area contributed by atoms with Crippen LogP contribution in [0.5, 0.6) is 0 Å². The Bertz CT molecular complexity index is 469. The molecule has 0 aliphatic heterocycles. The number of nitro benzene ring substituents is 1. The van der Waals surface area contributed by atoms with Gasteiger partial charge in [-0.1, -0.05) is 38.8 Å². The van der Waals surface area contributed by atoms with Crippen LogP contribution in [-0.4, -0.2) is 16.0 Å². The van der Waals surface area contributed by atoms with Crippen molar-refractivity contribution in [1.82, 2.24) is 0 Å². The lowest BCUT2D eigenvalue weighted by molar-refractivity contribution is -0.384. The maximum atomic E-state index is 11.6. The molecule has 0 heterocycles. The Morgan fingerprint density at radius 2 is 1.90 bits per heavy atom. The summed E-state index contributed by atoms with van der Waals surface area (Å²) in [5, 5.41) is 20.2. The van der Waals surface area contributed by atoms with E-state index in [0.29, 0.717) is 19.3 Å². The molecule has 20 heavy (non-hydrogen) atoms. The third kappa shape index (κ3) is 3.79. The van der Waals surface area contributed by atoms with Crippen LogP contribution in [0.4, 0.5) is 5.69 Å². The van der Waals surface area contributed by atoms with Gasteiger partial charge in [-0.05, 0) is 24.8 Å². The van der Waals surface area contributed by atoms with Crippen LogP contribution in [0.1, 0.15) is 45.1 Å². The Labute approximate surface area is 118 Å². The van der Waals surface area contributed by atoms with E-state index in [4.69, 9.17) is 0 Å². The van der Waals surface area contributed by atoms with E-state index < -0.39 is 16.3 Å². The van der Waals surface area contributed by atoms with Crippen LogP contribution < -0.4 is 0 Å². The van der Waals surface area contributed by atoms with Crippen LogP contribution >= 0.6 is 0 Å². The number of hydrogen-bond donors (Lipinski definition) is 1. The standard InChI is InChI=1S/C15H21NO4/c1-3-5-10-15(4-2,14(17)18)11-12-6-8-13(9-7-12)16(19)20/h6-9H,3-5,10-11H2,1-2H3,(H,17,18). The molecule has 0 aliphatic rings. The molecule has 5 heteroatoms. The summed E-state index contributed by atoms with van der Waals surface area (Å²) < 4.78 is 0. The largest absolute Gasteiger partial charge is 0.481 e. The van der Waals surface area contributed by atoms with E-state index in [1.54, 1.807) is 12.1 Å². The second kappa shape index (κ2) is 7.03. The van der Waals surface area contributed by atoms with Crippen LogP contribution in [0, 0.1) is 15.5 Å². The summed E-state index contributed by atoms with van der Waals surface area (Å²) in [6.45, 7) is 3.92. The highest BCUT2D eigenvalue weighted by atomic mass is 16.6. The summed E-state index contributed by atoms with van der Waals surface area (Å²) in [5.41, 5.74) is 0.0854. The van der Waals surface area contributed by atoms with Gasteiger partial charge in [-0.25, -0.2) is 0 Å². The molecule has 0 saturated heterocycles. The third-order valence-electron chi connectivity index (χ3n) is 3.83. The molecule has 0 saturated carbocycles. The highest BCUT2D eigenvalue weighted by Gasteiger charge is 2.36. The molecule has 1 rings (SSSR count). The summed E-state index contributed by atoms with van der Waals surface area (Å²) in [5.74, 6) is -0.785. The van der Waals surface area contributed by atoms with E-state index in [0.717, 1.165) is 18.4 Å². The van der Waals surface area contributed by atoms with Gasteiger partial charge < -0.3 is 5.11 Å². The summed E-state index contributed by atoms with van der Waals surface area (Å²) in [6.07, 6.45) is 3.42. The van der Waals surface area contributed by atoms with Gasteiger partial charge in [0.25, 0.3) is 5.69 Å². The van der Waals surface area contributed by atoms with Crippen molar-refractivity contribution in [2.24, 2.45) is 5.41 Å². The molecule has 1 unspecified atom stereocenters. The minimum atomic E-state index is -0.785. The zero-order valence-electron chi connectivity index (χ0n) is 12.0. The third-order valence-corrected chi connectivity index (χ3v) is 3.83. The first-order valence-corrected chi connectivity index (χ1v) is 6.92. The molecule has 1 aromatic carbocycles. The van der Waals surface area contributed by atoms with Gasteiger partial charge in [-0.15, -0.1) is 0 Å². The lowest BCUT2D eigenvalue weighted by Gasteiger charge is -2.28. The summed E-state index contributed by atoms with van der Waals surface area (Å²) >= 11 is 0. The number of hydrogen-bond acceptors (Lipinski definition) is 3. The minimum absolute atomic E-state index is 0.0275. The predicted octanol–water partition coefficient (Wildman–Crippen LogP) is 3.81. The first-order valence-electron chi connectivity index (χ1n) is 6.92. The number of benzene rings is 1. The second-order valence-corrected chi connectivity index (χ2v) is 5.14. The van der Waals surface area contributed by atoms with Gasteiger partial charge in [0.05, 0.1) is 10.3 Å². The fourth-order valence-electron chi connectivity index (χ4n) is 2.37. The molecule has 0 aliphatic carbocycles. The molecule has 5 nitrogen and oxygen atoms in total. The zero-order valence-corrected chi connectivity index (χ0v) is 12.0. The van der Waals surface area contributed by atoms with Crippen LogP contribution in [-0.2, 0) is 11.2 Å². The van der Waals surface area contributed by atoms with Crippen molar-refractivity contribution in [3.63, 3.8) is 0 Å². The van der Waals surface area contributed by atoms with Crippen molar-refractivity contribution < 1.29 is 14.8 Å². The second-order valence-electron chi connectivity index (χ2n) is 5.14. The Morgan fingerprint density at radius 3 is 2.30 bits per heavy atom. The molecule has 110 valence electrons. The smallest absolute Gasteiger partial charge is 0.309 e. The predicted molar refractivity (Wildman–Crippen MR) is 76.7 cm³/mol. The van der Waals surface area contributed by atoms with E-state index in [1.165, 1.54) is 12.1 Å². The lowest BCUT2D eigenvalue weighted by atomic mass is 9.75. The van der Waals surface area contributed by atoms with Crippen molar-refractivity contribution in [3.05, 3.63) is 39.9 Å². The number of aliphatic carboxylic acids is 1. The Hall–Kier alpha value is -1.91. The minimum Gasteiger partial charge on any atom is -0.481 e. The quantitative estimate of drug-likeness (QED) is 0.579. The lowest BCUT2D eigenvalue weighted by Crippen LogP contribution is -2.32. The van der Waals surface area contributed by atoms with Crippen LogP contribution in [0.3, 0.4) is 0 Å². The van der Waals surface area contributed by atoms with E-state index >= 15 is 0 Å². The number of unbranched alkanes of at least 4 members (excludes halogenated alkanes) is 1. The van der Waals surface area contributed by atoms with Gasteiger partial charge in [-0.2, -0.15) is 0 Å². The van der Waals surface area contributed by atoms with Crippen LogP contribution in [0.15, 0.2) is 24.3 Å². The average Bonchev–Trinajstić information content (AvgIpc) is 2.43. The molecule has 0 amide bonds. The first kappa shape index (κ1) is 16.1. The van der Waals surface area contributed by atoms with Gasteiger partial charge in [0.2, 0.25) is 0 Å². The Morgan fingerprint density at radius 1 is 1.30 bits per heavy atom. The van der Waals surface area contributed by atoms with Gasteiger partial charge >= 0.3 is 5.97 Å². The fourth-order valence-corrected chi connectivity index (χ4v) is 2.37. The number of carbonyl (C=O) groups is 1. The maximum Gasteiger partial charge on any atom is 0.309 e. The van der Waals surface area contributed by atoms with Gasteiger partial charge in [0.15, 0.2) is 0 Å². The number of non-ortho nitro benzene ring substituents is 1. The molecule has 0 bridgehead atoms. The van der Waals surface area contributed by atoms with Crippen molar-refractivity contribution in [3.8, 4) is 0 Å². The van der Waals surface area contributed by atoms with E-state index in [9.17, 15) is 20.0 Å². The van der Waals surface area contributed by atoms with Crippen molar-refractivity contribution in [2.75, 3.05) is 0 Å². The summed E-state index contributed by atoms with van der Waals surface area (Å²) in [4.78, 5) is 21.8. The molecule has 1 atom stereocenters. The van der Waals surface area contributed by atoms with Crippen molar-refractivity contribution in [2.45, 2.75) is 46.0 Å². The van der Waals surface area contributed by atoms with E-state index in [2.05, 4.69) is 0 Å². The number of nitro groups is 1. The zero-order chi connectivity index (χ0) is 15.2. The van der Waals surface area contributed by atoms with E-state index in [1.807, 2.05) is 13.8 Å². The molecule has 0 aromatic heterocycles. The molecule has 0 spiro atoms. The highest BCUT2D eigenvalue weighted by molar-refractivity contribution is 5.75. The number of rotatable bonds is 8.